The van der Waals surface area contributed by atoms with Crippen molar-refractivity contribution in [3.8, 4) is 0 Å². The Morgan fingerprint density at radius 3 is 2.91 bits per heavy atom. The molecule has 0 saturated carbocycles. The van der Waals surface area contributed by atoms with Gasteiger partial charge in [-0.05, 0) is 12.1 Å². The van der Waals surface area contributed by atoms with Crippen LogP contribution < -0.4 is 11.5 Å². The van der Waals surface area contributed by atoms with Crippen molar-refractivity contribution in [3.63, 3.8) is 0 Å². The molecule has 0 bridgehead atoms. The van der Waals surface area contributed by atoms with E-state index < -0.39 is 6.04 Å². The second-order valence-corrected chi connectivity index (χ2v) is 2.02. The number of amidine groups is 1. The molecule has 5 N–H and O–H groups in total. The van der Waals surface area contributed by atoms with E-state index in [1.165, 1.54) is 6.26 Å². The van der Waals surface area contributed by atoms with Crippen LogP contribution in [-0.2, 0) is 0 Å². The summed E-state index contributed by atoms with van der Waals surface area (Å²) in [5, 5.41) is 11.0. The fraction of sp³-hybridized carbons (Fsp3) is 0.167. The molecule has 0 spiro atoms. The maximum Gasteiger partial charge on any atom is 0.163 e. The molecule has 0 aromatic carbocycles. The third-order valence-electron chi connectivity index (χ3n) is 1.28. The maximum absolute atomic E-state index is 8.25. The van der Waals surface area contributed by atoms with Gasteiger partial charge in [0.15, 0.2) is 5.84 Å². The van der Waals surface area contributed by atoms with Crippen molar-refractivity contribution in [3.05, 3.63) is 24.2 Å². The summed E-state index contributed by atoms with van der Waals surface area (Å²) in [6, 6.07) is 2.66. The Labute approximate surface area is 63.3 Å². The fourth-order valence-electron chi connectivity index (χ4n) is 0.676. The van der Waals surface area contributed by atoms with E-state index in [2.05, 4.69) is 5.16 Å². The number of nitrogens with zero attached hydrogens (tertiary/aromatic N) is 1. The summed E-state index contributed by atoms with van der Waals surface area (Å²) in [4.78, 5) is 0. The Morgan fingerprint density at radius 2 is 2.45 bits per heavy atom. The summed E-state index contributed by atoms with van der Waals surface area (Å²) >= 11 is 0. The van der Waals surface area contributed by atoms with Gasteiger partial charge in [-0.25, -0.2) is 0 Å². The van der Waals surface area contributed by atoms with Crippen LogP contribution in [-0.4, -0.2) is 11.0 Å². The van der Waals surface area contributed by atoms with Gasteiger partial charge in [-0.1, -0.05) is 5.16 Å². The second-order valence-electron chi connectivity index (χ2n) is 2.02. The third kappa shape index (κ3) is 1.50. The van der Waals surface area contributed by atoms with Crippen LogP contribution in [0, 0.1) is 0 Å². The van der Waals surface area contributed by atoms with Crippen LogP contribution in [0.5, 0.6) is 0 Å². The van der Waals surface area contributed by atoms with E-state index in [9.17, 15) is 0 Å². The van der Waals surface area contributed by atoms with E-state index in [1.54, 1.807) is 12.1 Å². The Kier molecular flexibility index (Phi) is 2.12. The lowest BCUT2D eigenvalue weighted by Gasteiger charge is -2.04. The molecule has 0 aliphatic rings. The van der Waals surface area contributed by atoms with Gasteiger partial charge >= 0.3 is 0 Å². The lowest BCUT2D eigenvalue weighted by molar-refractivity contribution is 0.315. The zero-order valence-corrected chi connectivity index (χ0v) is 5.77. The number of hydrogen-bond acceptors (Lipinski definition) is 4. The molecule has 1 heterocycles. The van der Waals surface area contributed by atoms with Gasteiger partial charge in [-0.2, -0.15) is 0 Å². The molecule has 0 amide bonds. The zero-order chi connectivity index (χ0) is 8.27. The monoisotopic (exact) mass is 155 g/mol. The summed E-state index contributed by atoms with van der Waals surface area (Å²) in [6.45, 7) is 0. The lowest BCUT2D eigenvalue weighted by Crippen LogP contribution is -2.28. The van der Waals surface area contributed by atoms with E-state index in [-0.39, 0.29) is 5.84 Å². The molecule has 1 unspecified atom stereocenters. The Bertz CT molecular complexity index is 242. The largest absolute Gasteiger partial charge is 0.467 e. The minimum absolute atomic E-state index is 0.0695. The molecular formula is C6H9N3O2. The molecule has 1 aromatic heterocycles. The summed E-state index contributed by atoms with van der Waals surface area (Å²) < 4.78 is 4.92. The quantitative estimate of drug-likeness (QED) is 0.243. The Morgan fingerprint density at radius 1 is 1.73 bits per heavy atom. The van der Waals surface area contributed by atoms with Gasteiger partial charge in [0.05, 0.1) is 6.26 Å². The first-order valence-corrected chi connectivity index (χ1v) is 3.02. The SMILES string of the molecule is N/C(=N\O)C(N)c1ccco1. The molecular weight excluding hydrogens is 146 g/mol. The maximum atomic E-state index is 8.25. The van der Waals surface area contributed by atoms with Crippen molar-refractivity contribution in [2.75, 3.05) is 0 Å². The fourth-order valence-corrected chi connectivity index (χ4v) is 0.676. The molecule has 60 valence electrons. The van der Waals surface area contributed by atoms with E-state index in [0.717, 1.165) is 0 Å². The molecule has 1 rings (SSSR count). The molecule has 1 aromatic rings. The molecule has 5 heteroatoms. The van der Waals surface area contributed by atoms with Gasteiger partial charge < -0.3 is 21.1 Å². The van der Waals surface area contributed by atoms with Crippen molar-refractivity contribution < 1.29 is 9.62 Å². The highest BCUT2D eigenvalue weighted by Gasteiger charge is 2.12. The predicted octanol–water partition coefficient (Wildman–Crippen LogP) is 0.0258. The summed E-state index contributed by atoms with van der Waals surface area (Å²) in [6.07, 6.45) is 1.47. The first-order valence-electron chi connectivity index (χ1n) is 3.02. The summed E-state index contributed by atoms with van der Waals surface area (Å²) in [5.74, 6) is 0.403. The molecule has 0 aliphatic heterocycles. The van der Waals surface area contributed by atoms with Crippen LogP contribution in [0.4, 0.5) is 0 Å². The standard InChI is InChI=1S/C6H9N3O2/c7-5(6(8)9-10)4-2-1-3-11-4/h1-3,5,10H,7H2,(H2,8,9). The van der Waals surface area contributed by atoms with Crippen molar-refractivity contribution in [1.29, 1.82) is 0 Å². The van der Waals surface area contributed by atoms with E-state index in [1.807, 2.05) is 0 Å². The number of hydrogen-bond donors (Lipinski definition) is 3. The van der Waals surface area contributed by atoms with Crippen LogP contribution in [0.2, 0.25) is 0 Å². The van der Waals surface area contributed by atoms with Crippen molar-refractivity contribution in [2.45, 2.75) is 6.04 Å². The molecule has 1 atom stereocenters. The lowest BCUT2D eigenvalue weighted by atomic mass is 10.2. The van der Waals surface area contributed by atoms with Crippen LogP contribution in [0.1, 0.15) is 11.8 Å². The average Bonchev–Trinajstić information content (AvgIpc) is 2.53. The van der Waals surface area contributed by atoms with Crippen LogP contribution in [0.15, 0.2) is 28.0 Å². The number of oxime groups is 1. The normalized spacial score (nSPS) is 14.8. The van der Waals surface area contributed by atoms with Crippen molar-refractivity contribution >= 4 is 5.84 Å². The molecule has 0 radical (unpaired) electrons. The minimum Gasteiger partial charge on any atom is -0.467 e. The summed E-state index contributed by atoms with van der Waals surface area (Å²) in [5.41, 5.74) is 10.7. The topological polar surface area (TPSA) is 97.8 Å². The minimum atomic E-state index is -0.671. The average molecular weight is 155 g/mol. The van der Waals surface area contributed by atoms with Gasteiger partial charge in [0.1, 0.15) is 11.8 Å². The van der Waals surface area contributed by atoms with Gasteiger partial charge in [0.25, 0.3) is 0 Å². The van der Waals surface area contributed by atoms with Crippen LogP contribution in [0.3, 0.4) is 0 Å². The van der Waals surface area contributed by atoms with Crippen molar-refractivity contribution in [1.82, 2.24) is 0 Å². The molecule has 5 nitrogen and oxygen atoms in total. The highest BCUT2D eigenvalue weighted by molar-refractivity contribution is 5.85. The second kappa shape index (κ2) is 3.07. The van der Waals surface area contributed by atoms with E-state index in [0.29, 0.717) is 5.76 Å². The summed E-state index contributed by atoms with van der Waals surface area (Å²) in [7, 11) is 0. The van der Waals surface area contributed by atoms with Crippen LogP contribution in [0.25, 0.3) is 0 Å². The first kappa shape index (κ1) is 7.62. The third-order valence-corrected chi connectivity index (χ3v) is 1.28. The van der Waals surface area contributed by atoms with Gasteiger partial charge in [0, 0.05) is 0 Å². The molecule has 0 aliphatic carbocycles. The Balaban J connectivity index is 2.78. The molecule has 0 saturated heterocycles. The highest BCUT2D eigenvalue weighted by atomic mass is 16.4. The predicted molar refractivity (Wildman–Crippen MR) is 39.0 cm³/mol. The highest BCUT2D eigenvalue weighted by Crippen LogP contribution is 2.09. The Hall–Kier alpha value is -1.49. The zero-order valence-electron chi connectivity index (χ0n) is 5.77. The molecule has 0 fully saturated rings. The smallest absolute Gasteiger partial charge is 0.163 e. The van der Waals surface area contributed by atoms with Crippen molar-refractivity contribution in [2.24, 2.45) is 16.6 Å². The van der Waals surface area contributed by atoms with E-state index in [4.69, 9.17) is 21.1 Å². The van der Waals surface area contributed by atoms with Gasteiger partial charge in [0.2, 0.25) is 0 Å². The van der Waals surface area contributed by atoms with Crippen LogP contribution >= 0.6 is 0 Å². The molecule has 11 heavy (non-hydrogen) atoms. The van der Waals surface area contributed by atoms with E-state index >= 15 is 0 Å². The van der Waals surface area contributed by atoms with Gasteiger partial charge in [-0.3, -0.25) is 0 Å². The van der Waals surface area contributed by atoms with Gasteiger partial charge in [-0.15, -0.1) is 0 Å². The number of furan rings is 1. The first-order chi connectivity index (χ1) is 5.25. The number of nitrogens with two attached hydrogens (primary N) is 2. The number of rotatable bonds is 2.